The summed E-state index contributed by atoms with van der Waals surface area (Å²) < 4.78 is 1.00. The van der Waals surface area contributed by atoms with Crippen molar-refractivity contribution in [1.82, 2.24) is 0 Å². The third-order valence-electron chi connectivity index (χ3n) is 0. The molecular weight excluding hydrogens is 106 g/mol. The van der Waals surface area contributed by atoms with Crippen molar-refractivity contribution < 1.29 is 4.48 Å². The lowest BCUT2D eigenvalue weighted by Gasteiger charge is -2.14. The molecule has 0 bridgehead atoms. The summed E-state index contributed by atoms with van der Waals surface area (Å²) in [6, 6.07) is 0. The van der Waals surface area contributed by atoms with Crippen LogP contribution in [0.25, 0.3) is 0 Å². The molecular formula is C5H15NS. The summed E-state index contributed by atoms with van der Waals surface area (Å²) in [4.78, 5) is 0. The predicted molar refractivity (Wildman–Crippen MR) is 37.2 cm³/mol. The van der Waals surface area contributed by atoms with Crippen LogP contribution >= 0.6 is 0 Å². The van der Waals surface area contributed by atoms with E-state index in [0.29, 0.717) is 0 Å². The van der Waals surface area contributed by atoms with E-state index in [0.717, 1.165) is 4.48 Å². The molecule has 0 fully saturated rings. The molecule has 1 nitrogen and oxygen atoms in total. The van der Waals surface area contributed by atoms with Gasteiger partial charge in [-0.25, -0.2) is 0 Å². The van der Waals surface area contributed by atoms with E-state index in [9.17, 15) is 0 Å². The van der Waals surface area contributed by atoms with Crippen molar-refractivity contribution in [2.24, 2.45) is 0 Å². The fourth-order valence-corrected chi connectivity index (χ4v) is 0. The second-order valence-electron chi connectivity index (χ2n) is 2.68. The maximum Gasteiger partial charge on any atom is 0.0675 e. The maximum atomic E-state index is 4.08. The molecule has 0 rings (SSSR count). The van der Waals surface area contributed by atoms with Crippen molar-refractivity contribution in [3.63, 3.8) is 0 Å². The van der Waals surface area contributed by atoms with Crippen LogP contribution in [-0.2, 0) is 12.6 Å². The van der Waals surface area contributed by atoms with E-state index < -0.39 is 0 Å². The number of rotatable bonds is 0. The van der Waals surface area contributed by atoms with E-state index >= 15 is 0 Å². The van der Waals surface area contributed by atoms with Gasteiger partial charge in [0.25, 0.3) is 0 Å². The standard InChI is InChI=1S/C4H12N.CH4S/c1-5(2,3)4;1-2/h1-4H3;2H,1H3/q+1;/p-1. The third kappa shape index (κ3) is 1220. The number of nitrogens with zero attached hydrogens (tertiary/aromatic N) is 1. The van der Waals surface area contributed by atoms with Gasteiger partial charge in [0.15, 0.2) is 0 Å². The summed E-state index contributed by atoms with van der Waals surface area (Å²) in [5, 5.41) is 0. The smallest absolute Gasteiger partial charge is 0.0675 e. The Morgan fingerprint density at radius 3 is 0.857 bits per heavy atom. The Morgan fingerprint density at radius 1 is 0.857 bits per heavy atom. The average Bonchev–Trinajstić information content (AvgIpc) is 1.36. The summed E-state index contributed by atoms with van der Waals surface area (Å²) in [7, 11) is 8.50. The van der Waals surface area contributed by atoms with Gasteiger partial charge in [-0.1, -0.05) is 0 Å². The molecule has 0 saturated heterocycles. The van der Waals surface area contributed by atoms with Gasteiger partial charge in [0.1, 0.15) is 0 Å². The highest BCUT2D eigenvalue weighted by atomic mass is 32.1. The van der Waals surface area contributed by atoms with Crippen molar-refractivity contribution in [2.75, 3.05) is 34.4 Å². The molecule has 0 aromatic rings. The summed E-state index contributed by atoms with van der Waals surface area (Å²) in [6.07, 6.45) is 1.58. The van der Waals surface area contributed by atoms with Crippen LogP contribution in [0.2, 0.25) is 0 Å². The van der Waals surface area contributed by atoms with Crippen LogP contribution in [0.1, 0.15) is 0 Å². The highest BCUT2D eigenvalue weighted by Crippen LogP contribution is 1.73. The van der Waals surface area contributed by atoms with Gasteiger partial charge in [0, 0.05) is 0 Å². The Balaban J connectivity index is 0. The van der Waals surface area contributed by atoms with Gasteiger partial charge < -0.3 is 17.1 Å². The zero-order chi connectivity index (χ0) is 6.50. The highest BCUT2D eigenvalue weighted by Gasteiger charge is 1.88. The van der Waals surface area contributed by atoms with Crippen molar-refractivity contribution >= 4 is 12.6 Å². The van der Waals surface area contributed by atoms with Crippen molar-refractivity contribution in [3.05, 3.63) is 0 Å². The molecule has 0 aromatic carbocycles. The Morgan fingerprint density at radius 2 is 0.857 bits per heavy atom. The summed E-state index contributed by atoms with van der Waals surface area (Å²) >= 11 is 4.08. The first-order valence-electron chi connectivity index (χ1n) is 2.20. The van der Waals surface area contributed by atoms with Crippen LogP contribution in [-0.4, -0.2) is 38.9 Å². The largest absolute Gasteiger partial charge is 0.796 e. The molecule has 0 aliphatic heterocycles. The van der Waals surface area contributed by atoms with Gasteiger partial charge in [0.2, 0.25) is 0 Å². The molecule has 0 heterocycles. The minimum absolute atomic E-state index is 1.00. The summed E-state index contributed by atoms with van der Waals surface area (Å²) in [5.41, 5.74) is 0. The van der Waals surface area contributed by atoms with Crippen LogP contribution in [0.3, 0.4) is 0 Å². The molecule has 0 amide bonds. The van der Waals surface area contributed by atoms with E-state index in [-0.39, 0.29) is 0 Å². The lowest BCUT2D eigenvalue weighted by atomic mass is 10.8. The Bertz CT molecular complexity index is 23.6. The molecule has 0 N–H and O–H groups in total. The van der Waals surface area contributed by atoms with Crippen molar-refractivity contribution in [3.8, 4) is 0 Å². The zero-order valence-electron chi connectivity index (χ0n) is 5.86. The van der Waals surface area contributed by atoms with Crippen LogP contribution in [0.5, 0.6) is 0 Å². The molecule has 0 spiro atoms. The SMILES string of the molecule is C[N+](C)(C)C.C[S-]. The van der Waals surface area contributed by atoms with Crippen molar-refractivity contribution in [2.45, 2.75) is 0 Å². The fraction of sp³-hybridized carbons (Fsp3) is 1.00. The second-order valence-corrected chi connectivity index (χ2v) is 2.68. The van der Waals surface area contributed by atoms with E-state index in [1.165, 1.54) is 0 Å². The first-order valence-corrected chi connectivity index (χ1v) is 3.01. The lowest BCUT2D eigenvalue weighted by molar-refractivity contribution is -0.849. The first kappa shape index (κ1) is 10.3. The lowest BCUT2D eigenvalue weighted by Crippen LogP contribution is -2.27. The highest BCUT2D eigenvalue weighted by molar-refractivity contribution is 7.57. The maximum absolute atomic E-state index is 4.08. The normalized spacial score (nSPS) is 9.43. The van der Waals surface area contributed by atoms with Crippen molar-refractivity contribution in [1.29, 1.82) is 0 Å². The van der Waals surface area contributed by atoms with E-state index in [1.54, 1.807) is 6.26 Å². The van der Waals surface area contributed by atoms with Crippen LogP contribution in [0.15, 0.2) is 0 Å². The molecule has 0 radical (unpaired) electrons. The monoisotopic (exact) mass is 121 g/mol. The number of hydrogen-bond donors (Lipinski definition) is 0. The number of hydrogen-bond acceptors (Lipinski definition) is 1. The van der Waals surface area contributed by atoms with Gasteiger partial charge in [-0.2, -0.15) is 6.26 Å². The summed E-state index contributed by atoms with van der Waals surface area (Å²) in [5.74, 6) is 0. The average molecular weight is 121 g/mol. The molecule has 0 aliphatic rings. The van der Waals surface area contributed by atoms with E-state index in [2.05, 4.69) is 40.8 Å². The van der Waals surface area contributed by atoms with Gasteiger partial charge in [-0.05, 0) is 0 Å². The van der Waals surface area contributed by atoms with Gasteiger partial charge in [0.05, 0.1) is 28.2 Å². The van der Waals surface area contributed by atoms with Gasteiger partial charge in [-0.15, -0.1) is 0 Å². The van der Waals surface area contributed by atoms with E-state index in [1.807, 2.05) is 0 Å². The zero-order valence-corrected chi connectivity index (χ0v) is 6.67. The minimum atomic E-state index is 1.00. The topological polar surface area (TPSA) is 0 Å². The Kier molecular flexibility index (Phi) is 6.59. The van der Waals surface area contributed by atoms with Crippen LogP contribution < -0.4 is 0 Å². The Labute approximate surface area is 52.3 Å². The summed E-state index contributed by atoms with van der Waals surface area (Å²) in [6.45, 7) is 0. The fourth-order valence-electron chi connectivity index (χ4n) is 0. The number of quaternary nitrogens is 1. The molecule has 0 aromatic heterocycles. The van der Waals surface area contributed by atoms with Gasteiger partial charge in [-0.3, -0.25) is 0 Å². The second kappa shape index (κ2) is 4.47. The Hall–Kier alpha value is 0.310. The molecule has 46 valence electrons. The third-order valence-corrected chi connectivity index (χ3v) is 0. The quantitative estimate of drug-likeness (QED) is 0.332. The molecule has 0 saturated carbocycles. The molecule has 2 heteroatoms. The predicted octanol–water partition coefficient (Wildman–Crippen LogP) is 0.486. The molecule has 0 unspecified atom stereocenters. The van der Waals surface area contributed by atoms with Gasteiger partial charge >= 0.3 is 0 Å². The molecule has 0 aliphatic carbocycles. The van der Waals surface area contributed by atoms with E-state index in [4.69, 9.17) is 0 Å². The van der Waals surface area contributed by atoms with Crippen LogP contribution in [0.4, 0.5) is 0 Å². The molecule has 0 atom stereocenters. The molecule has 7 heavy (non-hydrogen) atoms. The first-order chi connectivity index (χ1) is 3.00. The van der Waals surface area contributed by atoms with Crippen LogP contribution in [0, 0.1) is 0 Å². The minimum Gasteiger partial charge on any atom is -0.796 e.